The minimum absolute atomic E-state index is 0.247. The molecule has 6 heteroatoms. The fraction of sp³-hybridized carbons (Fsp3) is 0.857. The number of hydrogen-bond acceptors (Lipinski definition) is 3. The molecule has 0 aromatic carbocycles. The van der Waals surface area contributed by atoms with Crippen molar-refractivity contribution in [3.63, 3.8) is 0 Å². The summed E-state index contributed by atoms with van der Waals surface area (Å²) in [7, 11) is 0. The lowest BCUT2D eigenvalue weighted by molar-refractivity contribution is -0.148. The molecule has 1 heterocycles. The van der Waals surface area contributed by atoms with Gasteiger partial charge in [0.05, 0.1) is 5.41 Å². The molecule has 1 saturated heterocycles. The number of carboxylic acids is 1. The number of aliphatic carboxylic acids is 1. The molecule has 2 amide bonds. The second-order valence-corrected chi connectivity index (χ2v) is 6.12. The molecule has 1 aliphatic carbocycles. The van der Waals surface area contributed by atoms with Crippen LogP contribution in [0.2, 0.25) is 0 Å². The zero-order valence-electron chi connectivity index (χ0n) is 12.2. The Kier molecular flexibility index (Phi) is 4.86. The van der Waals surface area contributed by atoms with Gasteiger partial charge < -0.3 is 20.6 Å². The third-order valence-corrected chi connectivity index (χ3v) is 4.66. The quantitative estimate of drug-likeness (QED) is 0.704. The summed E-state index contributed by atoms with van der Waals surface area (Å²) in [5, 5.41) is 15.0. The first-order valence-corrected chi connectivity index (χ1v) is 7.52. The zero-order valence-corrected chi connectivity index (χ0v) is 12.2. The molecule has 114 valence electrons. The Morgan fingerprint density at radius 3 is 2.65 bits per heavy atom. The highest BCUT2D eigenvalue weighted by Gasteiger charge is 2.45. The molecule has 2 atom stereocenters. The van der Waals surface area contributed by atoms with Crippen LogP contribution in [0.5, 0.6) is 0 Å². The number of nitrogens with zero attached hydrogens (tertiary/aromatic N) is 1. The lowest BCUT2D eigenvalue weighted by atomic mass is 9.85. The molecule has 0 aromatic heterocycles. The number of urea groups is 1. The molecule has 2 rings (SSSR count). The van der Waals surface area contributed by atoms with Crippen LogP contribution in [-0.4, -0.2) is 54.2 Å². The van der Waals surface area contributed by atoms with Crippen molar-refractivity contribution in [2.24, 2.45) is 5.41 Å². The van der Waals surface area contributed by atoms with Crippen molar-refractivity contribution >= 4 is 12.0 Å². The van der Waals surface area contributed by atoms with Gasteiger partial charge in [0.25, 0.3) is 0 Å². The molecular weight excluding hydrogens is 258 g/mol. The minimum Gasteiger partial charge on any atom is -0.481 e. The molecule has 1 aliphatic heterocycles. The van der Waals surface area contributed by atoms with Gasteiger partial charge in [-0.25, -0.2) is 4.79 Å². The van der Waals surface area contributed by atoms with Crippen molar-refractivity contribution in [3.8, 4) is 0 Å². The van der Waals surface area contributed by atoms with Crippen molar-refractivity contribution in [2.75, 3.05) is 26.2 Å². The Balaban J connectivity index is 1.72. The molecule has 2 aliphatic rings. The van der Waals surface area contributed by atoms with Crippen molar-refractivity contribution in [3.05, 3.63) is 0 Å². The lowest BCUT2D eigenvalue weighted by Crippen LogP contribution is -2.51. The summed E-state index contributed by atoms with van der Waals surface area (Å²) < 4.78 is 0. The summed E-state index contributed by atoms with van der Waals surface area (Å²) in [4.78, 5) is 25.5. The predicted molar refractivity (Wildman–Crippen MR) is 75.6 cm³/mol. The van der Waals surface area contributed by atoms with Gasteiger partial charge in [-0.3, -0.25) is 4.79 Å². The monoisotopic (exact) mass is 283 g/mol. The van der Waals surface area contributed by atoms with Crippen LogP contribution in [0.15, 0.2) is 0 Å². The average molecular weight is 283 g/mol. The van der Waals surface area contributed by atoms with Gasteiger partial charge in [0.1, 0.15) is 0 Å². The van der Waals surface area contributed by atoms with Crippen LogP contribution in [0.25, 0.3) is 0 Å². The Morgan fingerprint density at radius 1 is 1.30 bits per heavy atom. The molecule has 3 N–H and O–H groups in total. The molecular formula is C14H25N3O3. The van der Waals surface area contributed by atoms with Crippen LogP contribution >= 0.6 is 0 Å². The number of nitrogens with one attached hydrogen (secondary N) is 2. The van der Waals surface area contributed by atoms with E-state index in [1.165, 1.54) is 12.8 Å². The van der Waals surface area contributed by atoms with E-state index in [0.29, 0.717) is 13.0 Å². The van der Waals surface area contributed by atoms with Crippen LogP contribution in [0.3, 0.4) is 0 Å². The standard InChI is InChI=1S/C14H25N3O3/c1-14(12(18)19)6-4-5-11(14)16-13(20)15-7-10-17-8-2-3-9-17/h11H,2-10H2,1H3,(H,18,19)(H2,15,16,20). The summed E-state index contributed by atoms with van der Waals surface area (Å²) in [5.74, 6) is -0.822. The first-order chi connectivity index (χ1) is 9.52. The minimum atomic E-state index is -0.827. The summed E-state index contributed by atoms with van der Waals surface area (Å²) >= 11 is 0. The number of carbonyl (C=O) groups is 2. The van der Waals surface area contributed by atoms with E-state index in [1.54, 1.807) is 6.92 Å². The van der Waals surface area contributed by atoms with Crippen LogP contribution < -0.4 is 10.6 Å². The Hall–Kier alpha value is -1.30. The molecule has 0 spiro atoms. The second-order valence-electron chi connectivity index (χ2n) is 6.12. The van der Waals surface area contributed by atoms with Gasteiger partial charge in [-0.1, -0.05) is 6.42 Å². The molecule has 0 radical (unpaired) electrons. The smallest absolute Gasteiger partial charge is 0.315 e. The highest BCUT2D eigenvalue weighted by atomic mass is 16.4. The number of carboxylic acid groups (broad SMARTS) is 1. The van der Waals surface area contributed by atoms with Crippen molar-refractivity contribution in [1.29, 1.82) is 0 Å². The third kappa shape index (κ3) is 3.42. The first kappa shape index (κ1) is 15.1. The van der Waals surface area contributed by atoms with Gasteiger partial charge >= 0.3 is 12.0 Å². The summed E-state index contributed by atoms with van der Waals surface area (Å²) in [5.41, 5.74) is -0.827. The first-order valence-electron chi connectivity index (χ1n) is 7.52. The highest BCUT2D eigenvalue weighted by molar-refractivity contribution is 5.79. The Labute approximate surface area is 119 Å². The van der Waals surface area contributed by atoms with Gasteiger partial charge in [0, 0.05) is 19.1 Å². The molecule has 0 aromatic rings. The summed E-state index contributed by atoms with van der Waals surface area (Å²) in [6.07, 6.45) is 4.70. The van der Waals surface area contributed by atoms with Crippen LogP contribution in [0, 0.1) is 5.41 Å². The van der Waals surface area contributed by atoms with Crippen molar-refractivity contribution in [1.82, 2.24) is 15.5 Å². The van der Waals surface area contributed by atoms with E-state index in [2.05, 4.69) is 15.5 Å². The number of carbonyl (C=O) groups excluding carboxylic acids is 1. The molecule has 0 bridgehead atoms. The van der Waals surface area contributed by atoms with Gasteiger partial charge in [0.2, 0.25) is 0 Å². The maximum Gasteiger partial charge on any atom is 0.315 e. The average Bonchev–Trinajstić information content (AvgIpc) is 3.01. The topological polar surface area (TPSA) is 81.7 Å². The molecule has 20 heavy (non-hydrogen) atoms. The van der Waals surface area contributed by atoms with Gasteiger partial charge in [-0.2, -0.15) is 0 Å². The van der Waals surface area contributed by atoms with Crippen molar-refractivity contribution < 1.29 is 14.7 Å². The van der Waals surface area contributed by atoms with Gasteiger partial charge in [0.15, 0.2) is 0 Å². The zero-order chi connectivity index (χ0) is 14.6. The fourth-order valence-electron chi connectivity index (χ4n) is 3.20. The second kappa shape index (κ2) is 6.43. The number of amides is 2. The van der Waals surface area contributed by atoms with E-state index in [1.807, 2.05) is 0 Å². The Morgan fingerprint density at radius 2 is 2.00 bits per heavy atom. The van der Waals surface area contributed by atoms with Gasteiger partial charge in [-0.15, -0.1) is 0 Å². The maximum atomic E-state index is 11.8. The van der Waals surface area contributed by atoms with E-state index in [0.717, 1.165) is 32.5 Å². The number of hydrogen-bond donors (Lipinski definition) is 3. The molecule has 2 fully saturated rings. The largest absolute Gasteiger partial charge is 0.481 e. The van der Waals surface area contributed by atoms with Gasteiger partial charge in [-0.05, 0) is 45.7 Å². The van der Waals surface area contributed by atoms with E-state index in [4.69, 9.17) is 0 Å². The maximum absolute atomic E-state index is 11.8. The lowest BCUT2D eigenvalue weighted by Gasteiger charge is -2.27. The SMILES string of the molecule is CC1(C(=O)O)CCCC1NC(=O)NCCN1CCCC1. The summed E-state index contributed by atoms with van der Waals surface area (Å²) in [6.45, 7) is 5.43. The Bertz CT molecular complexity index is 369. The fourth-order valence-corrected chi connectivity index (χ4v) is 3.20. The van der Waals surface area contributed by atoms with E-state index < -0.39 is 11.4 Å². The molecule has 2 unspecified atom stereocenters. The van der Waals surface area contributed by atoms with E-state index in [-0.39, 0.29) is 12.1 Å². The van der Waals surface area contributed by atoms with E-state index in [9.17, 15) is 14.7 Å². The number of likely N-dealkylation sites (tertiary alicyclic amines) is 1. The third-order valence-electron chi connectivity index (χ3n) is 4.66. The van der Waals surface area contributed by atoms with Crippen molar-refractivity contribution in [2.45, 2.75) is 45.1 Å². The normalized spacial score (nSPS) is 30.4. The summed E-state index contributed by atoms with van der Waals surface area (Å²) in [6, 6.07) is -0.518. The molecule has 1 saturated carbocycles. The predicted octanol–water partition coefficient (Wildman–Crippen LogP) is 1.02. The van der Waals surface area contributed by atoms with Crippen LogP contribution in [0.1, 0.15) is 39.0 Å². The van der Waals surface area contributed by atoms with Crippen LogP contribution in [0.4, 0.5) is 4.79 Å². The molecule has 6 nitrogen and oxygen atoms in total. The van der Waals surface area contributed by atoms with Crippen LogP contribution in [-0.2, 0) is 4.79 Å². The number of rotatable bonds is 5. The highest BCUT2D eigenvalue weighted by Crippen LogP contribution is 2.38. The van der Waals surface area contributed by atoms with E-state index >= 15 is 0 Å².